The highest BCUT2D eigenvalue weighted by Crippen LogP contribution is 2.76. The molecule has 4 fully saturated rings. The van der Waals surface area contributed by atoms with Crippen molar-refractivity contribution in [3.63, 3.8) is 0 Å². The third-order valence-corrected chi connectivity index (χ3v) is 15.8. The van der Waals surface area contributed by atoms with Crippen molar-refractivity contribution in [1.82, 2.24) is 15.5 Å². The highest BCUT2D eigenvalue weighted by Gasteiger charge is 2.68. The van der Waals surface area contributed by atoms with Crippen molar-refractivity contribution in [2.24, 2.45) is 51.2 Å². The number of aliphatic carboxylic acids is 1. The molecule has 8 atom stereocenters. The summed E-state index contributed by atoms with van der Waals surface area (Å²) in [7, 11) is 0. The van der Waals surface area contributed by atoms with Gasteiger partial charge in [0.1, 0.15) is 5.82 Å². The van der Waals surface area contributed by atoms with E-state index in [1.54, 1.807) is 5.57 Å². The standard InChI is InChI=1S/C41H59N5O2/c1-37(2)21-28-26(29(22-37)36(47)48)12-14-41(7)33(28)27(24-8-10-25(11-9-24)46-18-16-43-17-19-46)20-32-39(5)23-30-34(44-45-35(30)42)38(3,4)31(39)13-15-40(32,41)6/h8-11,26,28-29,31-32,43H,12-23H2,1-7H3,(H,47,48)(H3,42,44,45)/t26?,28?,29-,31?,32?,39?,40?,41?/m1/s1. The van der Waals surface area contributed by atoms with Gasteiger partial charge in [-0.05, 0) is 120 Å². The van der Waals surface area contributed by atoms with Gasteiger partial charge in [-0.3, -0.25) is 9.89 Å². The van der Waals surface area contributed by atoms with Gasteiger partial charge in [0.15, 0.2) is 0 Å². The summed E-state index contributed by atoms with van der Waals surface area (Å²) in [5, 5.41) is 22.1. The topological polar surface area (TPSA) is 107 Å². The number of carbonyl (C=O) groups is 1. The fraction of sp³-hybridized carbons (Fsp3) is 0.707. The van der Waals surface area contributed by atoms with Crippen molar-refractivity contribution >= 4 is 23.0 Å². The quantitative estimate of drug-likeness (QED) is 0.271. The van der Waals surface area contributed by atoms with Crippen molar-refractivity contribution in [3.8, 4) is 0 Å². The molecule has 0 amide bonds. The fourth-order valence-corrected chi connectivity index (χ4v) is 13.5. The van der Waals surface area contributed by atoms with Crippen LogP contribution in [-0.2, 0) is 16.6 Å². The number of nitrogens with zero attached hydrogens (tertiary/aromatic N) is 2. The number of benzene rings is 1. The highest BCUT2D eigenvalue weighted by atomic mass is 16.4. The Morgan fingerprint density at radius 3 is 2.35 bits per heavy atom. The molecule has 0 spiro atoms. The Morgan fingerprint density at radius 1 is 0.958 bits per heavy atom. The van der Waals surface area contributed by atoms with Crippen LogP contribution >= 0.6 is 0 Å². The Hall–Kier alpha value is -2.80. The van der Waals surface area contributed by atoms with Crippen molar-refractivity contribution in [3.05, 3.63) is 46.7 Å². The van der Waals surface area contributed by atoms with Gasteiger partial charge < -0.3 is 21.1 Å². The zero-order valence-corrected chi connectivity index (χ0v) is 30.5. The van der Waals surface area contributed by atoms with Gasteiger partial charge in [0.05, 0.1) is 11.6 Å². The van der Waals surface area contributed by atoms with Crippen molar-refractivity contribution < 1.29 is 9.90 Å². The van der Waals surface area contributed by atoms with E-state index in [4.69, 9.17) is 10.8 Å². The molecule has 1 aliphatic heterocycles. The van der Waals surface area contributed by atoms with Crippen LogP contribution in [0, 0.1) is 51.2 Å². The number of nitrogens with two attached hydrogens (primary N) is 1. The zero-order valence-electron chi connectivity index (χ0n) is 30.5. The summed E-state index contributed by atoms with van der Waals surface area (Å²) in [6, 6.07) is 9.54. The molecular formula is C41H59N5O2. The normalized spacial score (nSPS) is 39.8. The maximum absolute atomic E-state index is 12.9. The number of carboxylic acid groups (broad SMARTS) is 1. The number of nitrogens with one attached hydrogen (secondary N) is 2. The monoisotopic (exact) mass is 653 g/mol. The third kappa shape index (κ3) is 4.40. The van der Waals surface area contributed by atoms with Crippen molar-refractivity contribution in [2.45, 2.75) is 105 Å². The molecule has 48 heavy (non-hydrogen) atoms. The number of hydrogen-bond acceptors (Lipinski definition) is 5. The minimum absolute atomic E-state index is 0.000438. The fourth-order valence-electron chi connectivity index (χ4n) is 13.5. The van der Waals surface area contributed by atoms with Gasteiger partial charge in [0, 0.05) is 42.8 Å². The Kier molecular flexibility index (Phi) is 7.16. The molecule has 5 aliphatic carbocycles. The Balaban J connectivity index is 1.31. The lowest BCUT2D eigenvalue weighted by molar-refractivity contribution is -0.161. The Morgan fingerprint density at radius 2 is 1.67 bits per heavy atom. The summed E-state index contributed by atoms with van der Waals surface area (Å²) >= 11 is 0. The molecule has 1 saturated heterocycles. The number of allylic oxidation sites excluding steroid dienone is 2. The van der Waals surface area contributed by atoms with Gasteiger partial charge in [-0.1, -0.05) is 66.2 Å². The summed E-state index contributed by atoms with van der Waals surface area (Å²) in [6.45, 7) is 21.5. The first-order valence-electron chi connectivity index (χ1n) is 19.0. The molecule has 260 valence electrons. The smallest absolute Gasteiger partial charge is 0.306 e. The van der Waals surface area contributed by atoms with Crippen molar-refractivity contribution in [1.29, 1.82) is 0 Å². The first-order chi connectivity index (χ1) is 22.6. The number of nitrogen functional groups attached to an aromatic ring is 1. The van der Waals surface area contributed by atoms with Crippen LogP contribution in [0.2, 0.25) is 0 Å². The van der Waals surface area contributed by atoms with Gasteiger partial charge in [-0.25, -0.2) is 0 Å². The summed E-state index contributed by atoms with van der Waals surface area (Å²) < 4.78 is 0. The highest BCUT2D eigenvalue weighted by molar-refractivity contribution is 5.76. The lowest BCUT2D eigenvalue weighted by Gasteiger charge is -2.70. The van der Waals surface area contributed by atoms with E-state index in [0.717, 1.165) is 70.5 Å². The number of carboxylic acids is 1. The lowest BCUT2D eigenvalue weighted by atomic mass is 9.33. The molecule has 0 bridgehead atoms. The van der Waals surface area contributed by atoms with Crippen LogP contribution in [0.3, 0.4) is 0 Å². The number of aromatic nitrogens is 2. The van der Waals surface area contributed by atoms with E-state index in [9.17, 15) is 9.90 Å². The summed E-state index contributed by atoms with van der Waals surface area (Å²) in [4.78, 5) is 15.4. The van der Waals surface area contributed by atoms with Gasteiger partial charge >= 0.3 is 5.97 Å². The van der Waals surface area contributed by atoms with Crippen LogP contribution in [-0.4, -0.2) is 47.5 Å². The average Bonchev–Trinajstić information content (AvgIpc) is 3.41. The zero-order chi connectivity index (χ0) is 34.0. The molecule has 1 aromatic heterocycles. The number of piperazine rings is 1. The second kappa shape index (κ2) is 10.6. The predicted octanol–water partition coefficient (Wildman–Crippen LogP) is 7.68. The van der Waals surface area contributed by atoms with Crippen LogP contribution in [0.5, 0.6) is 0 Å². The molecule has 8 rings (SSSR count). The van der Waals surface area contributed by atoms with Gasteiger partial charge in [0.2, 0.25) is 0 Å². The number of anilines is 2. The molecular weight excluding hydrogens is 594 g/mol. The average molecular weight is 654 g/mol. The maximum atomic E-state index is 12.9. The second-order valence-corrected chi connectivity index (χ2v) is 19.0. The number of aromatic amines is 1. The number of hydrogen-bond donors (Lipinski definition) is 4. The van der Waals surface area contributed by atoms with Crippen molar-refractivity contribution in [2.75, 3.05) is 36.8 Å². The molecule has 1 aromatic carbocycles. The van der Waals surface area contributed by atoms with Crippen LogP contribution in [0.1, 0.15) is 110 Å². The summed E-state index contributed by atoms with van der Waals surface area (Å²) in [5.74, 6) is 1.40. The van der Waals surface area contributed by atoms with Crippen LogP contribution < -0.4 is 16.0 Å². The molecule has 5 N–H and O–H groups in total. The lowest BCUT2D eigenvalue weighted by Crippen LogP contribution is -2.64. The Bertz CT molecular complexity index is 1650. The molecule has 6 aliphatic rings. The van der Waals surface area contributed by atoms with E-state index in [1.807, 2.05) is 0 Å². The van der Waals surface area contributed by atoms with Gasteiger partial charge in [-0.15, -0.1) is 0 Å². The third-order valence-electron chi connectivity index (χ3n) is 15.8. The van der Waals surface area contributed by atoms with E-state index in [-0.39, 0.29) is 38.9 Å². The number of fused-ring (bicyclic) bond motifs is 8. The largest absolute Gasteiger partial charge is 0.481 e. The first kappa shape index (κ1) is 32.4. The molecule has 0 radical (unpaired) electrons. The number of rotatable bonds is 3. The first-order valence-corrected chi connectivity index (χ1v) is 19.0. The minimum atomic E-state index is -0.588. The van der Waals surface area contributed by atoms with E-state index in [1.165, 1.54) is 40.9 Å². The summed E-state index contributed by atoms with van der Waals surface area (Å²) in [6.07, 6.45) is 8.37. The van der Waals surface area contributed by atoms with Gasteiger partial charge in [-0.2, -0.15) is 5.10 Å². The predicted molar refractivity (Wildman–Crippen MR) is 194 cm³/mol. The second-order valence-electron chi connectivity index (χ2n) is 19.0. The SMILES string of the molecule is CC1(C)CC2C3=C(c4ccc(N5CCNCC5)cc4)CC4C5(C)Cc6c(n[nH]c6N)C(C)(C)C5CCC4(C)C3(C)CCC2[C@H](C(=O)O)C1. The maximum Gasteiger partial charge on any atom is 0.306 e. The van der Waals surface area contributed by atoms with Crippen LogP contribution in [0.15, 0.2) is 29.8 Å². The Labute approximate surface area is 287 Å². The molecule has 7 unspecified atom stereocenters. The molecule has 7 heteroatoms. The number of H-pyrrole nitrogens is 1. The van der Waals surface area contributed by atoms with E-state index in [2.05, 4.69) is 88.0 Å². The van der Waals surface area contributed by atoms with E-state index >= 15 is 0 Å². The van der Waals surface area contributed by atoms with Crippen LogP contribution in [0.25, 0.3) is 5.57 Å². The molecule has 7 nitrogen and oxygen atoms in total. The molecule has 2 heterocycles. The van der Waals surface area contributed by atoms with E-state index in [0.29, 0.717) is 17.8 Å². The molecule has 2 aromatic rings. The van der Waals surface area contributed by atoms with E-state index < -0.39 is 5.97 Å². The van der Waals surface area contributed by atoms with Gasteiger partial charge in [0.25, 0.3) is 0 Å². The summed E-state index contributed by atoms with van der Waals surface area (Å²) in [5.41, 5.74) is 15.0. The minimum Gasteiger partial charge on any atom is -0.481 e. The van der Waals surface area contributed by atoms with Crippen LogP contribution in [0.4, 0.5) is 11.5 Å². The molecule has 3 saturated carbocycles.